The number of carbonyl (C=O) groups is 2. The molecule has 0 spiro atoms. The number of hydrogen-bond acceptors (Lipinski definition) is 5. The highest BCUT2D eigenvalue weighted by molar-refractivity contribution is 6.31. The predicted molar refractivity (Wildman–Crippen MR) is 88.4 cm³/mol. The van der Waals surface area contributed by atoms with E-state index in [-0.39, 0.29) is 21.4 Å². The van der Waals surface area contributed by atoms with Crippen LogP contribution in [0.1, 0.15) is 10.4 Å². The topological polar surface area (TPSA) is 98.5 Å². The van der Waals surface area contributed by atoms with E-state index in [1.807, 2.05) is 0 Å². The summed E-state index contributed by atoms with van der Waals surface area (Å²) in [5.41, 5.74) is -0.980. The molecule has 0 aliphatic rings. The van der Waals surface area contributed by atoms with Gasteiger partial charge in [-0.1, -0.05) is 23.2 Å². The van der Waals surface area contributed by atoms with Crippen LogP contribution < -0.4 is 5.32 Å². The van der Waals surface area contributed by atoms with Crippen LogP contribution in [0.15, 0.2) is 36.4 Å². The monoisotopic (exact) mass is 386 g/mol. The highest BCUT2D eigenvalue weighted by Gasteiger charge is 2.19. The Kier molecular flexibility index (Phi) is 5.89. The molecule has 7 nitrogen and oxygen atoms in total. The standard InChI is InChI=1S/C15H9Cl2FN2O5/c16-8-1-3-11(18)10(5-8)15(22)25-7-14(21)19-12-6-9(17)2-4-13(12)20(23)24/h1-6H,7H2,(H,19,21). The van der Waals surface area contributed by atoms with E-state index in [9.17, 15) is 24.1 Å². The van der Waals surface area contributed by atoms with Crippen molar-refractivity contribution in [2.24, 2.45) is 0 Å². The lowest BCUT2D eigenvalue weighted by molar-refractivity contribution is -0.383. The maximum absolute atomic E-state index is 13.5. The second-order valence-electron chi connectivity index (χ2n) is 4.67. The highest BCUT2D eigenvalue weighted by atomic mass is 35.5. The van der Waals surface area contributed by atoms with Gasteiger partial charge in [-0.25, -0.2) is 9.18 Å². The molecule has 0 radical (unpaired) electrons. The van der Waals surface area contributed by atoms with Gasteiger partial charge >= 0.3 is 5.97 Å². The summed E-state index contributed by atoms with van der Waals surface area (Å²) < 4.78 is 18.2. The summed E-state index contributed by atoms with van der Waals surface area (Å²) in [6.07, 6.45) is 0. The van der Waals surface area contributed by atoms with E-state index < -0.39 is 34.8 Å². The van der Waals surface area contributed by atoms with Gasteiger partial charge in [0.2, 0.25) is 0 Å². The number of rotatable bonds is 5. The average molecular weight is 387 g/mol. The third-order valence-corrected chi connectivity index (χ3v) is 3.38. The number of anilines is 1. The molecule has 25 heavy (non-hydrogen) atoms. The molecule has 0 heterocycles. The Morgan fingerprint density at radius 3 is 2.48 bits per heavy atom. The molecule has 1 N–H and O–H groups in total. The van der Waals surface area contributed by atoms with Gasteiger partial charge in [-0.15, -0.1) is 0 Å². The quantitative estimate of drug-likeness (QED) is 0.478. The molecule has 2 aromatic rings. The number of benzene rings is 2. The van der Waals surface area contributed by atoms with Crippen molar-refractivity contribution >= 4 is 46.5 Å². The van der Waals surface area contributed by atoms with Crippen LogP contribution >= 0.6 is 23.2 Å². The van der Waals surface area contributed by atoms with Crippen LogP contribution in [0.5, 0.6) is 0 Å². The number of nitrogens with zero attached hydrogens (tertiary/aromatic N) is 1. The van der Waals surface area contributed by atoms with Gasteiger partial charge in [0.05, 0.1) is 10.5 Å². The Hall–Kier alpha value is -2.71. The van der Waals surface area contributed by atoms with Crippen LogP contribution in [0, 0.1) is 15.9 Å². The van der Waals surface area contributed by atoms with E-state index in [0.29, 0.717) is 0 Å². The minimum atomic E-state index is -1.10. The second kappa shape index (κ2) is 7.91. The average Bonchev–Trinajstić information content (AvgIpc) is 2.54. The summed E-state index contributed by atoms with van der Waals surface area (Å²) in [5, 5.41) is 13.4. The summed E-state index contributed by atoms with van der Waals surface area (Å²) in [4.78, 5) is 33.8. The number of amides is 1. The van der Waals surface area contributed by atoms with Gasteiger partial charge in [-0.3, -0.25) is 14.9 Å². The van der Waals surface area contributed by atoms with Crippen LogP contribution in [-0.2, 0) is 9.53 Å². The number of hydrogen-bond donors (Lipinski definition) is 1. The number of ether oxygens (including phenoxy) is 1. The first kappa shape index (κ1) is 18.6. The lowest BCUT2D eigenvalue weighted by atomic mass is 10.2. The third kappa shape index (κ3) is 4.88. The van der Waals surface area contributed by atoms with E-state index in [4.69, 9.17) is 23.2 Å². The van der Waals surface area contributed by atoms with Gasteiger partial charge in [-0.05, 0) is 30.3 Å². The van der Waals surface area contributed by atoms with Crippen molar-refractivity contribution in [3.05, 3.63) is 67.9 Å². The predicted octanol–water partition coefficient (Wildman–Crippen LogP) is 3.84. The first-order chi connectivity index (χ1) is 11.8. The smallest absolute Gasteiger partial charge is 0.341 e. The van der Waals surface area contributed by atoms with Gasteiger partial charge < -0.3 is 10.1 Å². The molecule has 1 amide bonds. The Labute approximate surface area is 150 Å². The molecule has 0 bridgehead atoms. The fourth-order valence-electron chi connectivity index (χ4n) is 1.82. The normalized spacial score (nSPS) is 10.2. The molecule has 2 rings (SSSR count). The zero-order chi connectivity index (χ0) is 18.6. The zero-order valence-corrected chi connectivity index (χ0v) is 13.8. The number of halogens is 3. The lowest BCUT2D eigenvalue weighted by Gasteiger charge is -2.08. The molecule has 0 aromatic heterocycles. The maximum Gasteiger partial charge on any atom is 0.341 e. The minimum absolute atomic E-state index is 0.118. The fraction of sp³-hybridized carbons (Fsp3) is 0.0667. The van der Waals surface area contributed by atoms with Crippen molar-refractivity contribution in [2.45, 2.75) is 0 Å². The van der Waals surface area contributed by atoms with Gasteiger partial charge in [-0.2, -0.15) is 0 Å². The third-order valence-electron chi connectivity index (χ3n) is 2.91. The van der Waals surface area contributed by atoms with Crippen LogP contribution in [-0.4, -0.2) is 23.4 Å². The number of esters is 1. The zero-order valence-electron chi connectivity index (χ0n) is 12.3. The number of carbonyl (C=O) groups excluding carboxylic acids is 2. The van der Waals surface area contributed by atoms with Gasteiger partial charge in [0.15, 0.2) is 6.61 Å². The first-order valence-corrected chi connectivity index (χ1v) is 7.39. The lowest BCUT2D eigenvalue weighted by Crippen LogP contribution is -2.21. The van der Waals surface area contributed by atoms with Crippen molar-refractivity contribution in [1.82, 2.24) is 0 Å². The molecule has 130 valence electrons. The molecule has 0 aliphatic carbocycles. The van der Waals surface area contributed by atoms with Crippen LogP contribution in [0.2, 0.25) is 10.0 Å². The molecule has 2 aromatic carbocycles. The molecule has 0 fully saturated rings. The first-order valence-electron chi connectivity index (χ1n) is 6.64. The fourth-order valence-corrected chi connectivity index (χ4v) is 2.16. The van der Waals surface area contributed by atoms with Crippen molar-refractivity contribution in [3.8, 4) is 0 Å². The Balaban J connectivity index is 2.04. The van der Waals surface area contributed by atoms with E-state index in [0.717, 1.165) is 18.2 Å². The SMILES string of the molecule is O=C(COC(=O)c1cc(Cl)ccc1F)Nc1cc(Cl)ccc1[N+](=O)[O-]. The minimum Gasteiger partial charge on any atom is -0.452 e. The van der Waals surface area contributed by atoms with Crippen molar-refractivity contribution < 1.29 is 23.6 Å². The molecule has 0 aliphatic heterocycles. The van der Waals surface area contributed by atoms with E-state index in [1.165, 1.54) is 18.2 Å². The molecule has 10 heteroatoms. The largest absolute Gasteiger partial charge is 0.452 e. The van der Waals surface area contributed by atoms with Gasteiger partial charge in [0, 0.05) is 16.1 Å². The van der Waals surface area contributed by atoms with Crippen molar-refractivity contribution in [1.29, 1.82) is 0 Å². The highest BCUT2D eigenvalue weighted by Crippen LogP contribution is 2.27. The Morgan fingerprint density at radius 1 is 1.16 bits per heavy atom. The van der Waals surface area contributed by atoms with Crippen molar-refractivity contribution in [2.75, 3.05) is 11.9 Å². The summed E-state index contributed by atoms with van der Waals surface area (Å²) in [7, 11) is 0. The van der Waals surface area contributed by atoms with Crippen LogP contribution in [0.25, 0.3) is 0 Å². The summed E-state index contributed by atoms with van der Waals surface area (Å²) in [5.74, 6) is -2.82. The molecule has 0 saturated carbocycles. The van der Waals surface area contributed by atoms with Crippen molar-refractivity contribution in [3.63, 3.8) is 0 Å². The van der Waals surface area contributed by atoms with Crippen LogP contribution in [0.3, 0.4) is 0 Å². The molecule has 0 unspecified atom stereocenters. The van der Waals surface area contributed by atoms with E-state index in [1.54, 1.807) is 0 Å². The molecule has 0 saturated heterocycles. The molecular weight excluding hydrogens is 378 g/mol. The van der Waals surface area contributed by atoms with Gasteiger partial charge in [0.1, 0.15) is 11.5 Å². The van der Waals surface area contributed by atoms with Gasteiger partial charge in [0.25, 0.3) is 11.6 Å². The maximum atomic E-state index is 13.5. The number of nitro groups is 1. The number of nitro benzene ring substituents is 1. The van der Waals surface area contributed by atoms with E-state index in [2.05, 4.69) is 10.1 Å². The van der Waals surface area contributed by atoms with E-state index >= 15 is 0 Å². The Bertz CT molecular complexity index is 860. The summed E-state index contributed by atoms with van der Waals surface area (Å²) >= 11 is 11.4. The van der Waals surface area contributed by atoms with Crippen LogP contribution in [0.4, 0.5) is 15.8 Å². The molecular formula is C15H9Cl2FN2O5. The Morgan fingerprint density at radius 2 is 1.80 bits per heavy atom. The number of nitrogens with one attached hydrogen (secondary N) is 1. The molecule has 0 atom stereocenters. The summed E-state index contributed by atoms with van der Waals surface area (Å²) in [6.45, 7) is -0.783. The summed E-state index contributed by atoms with van der Waals surface area (Å²) in [6, 6.07) is 6.87. The second-order valence-corrected chi connectivity index (χ2v) is 5.54.